The maximum absolute atomic E-state index is 14.5. The molecule has 2 fully saturated rings. The van der Waals surface area contributed by atoms with Gasteiger partial charge in [0.2, 0.25) is 5.91 Å². The van der Waals surface area contributed by atoms with Crippen molar-refractivity contribution in [3.05, 3.63) is 89.9 Å². The fraction of sp³-hybridized carbons (Fsp3) is 0.240. The normalized spacial score (nSPS) is 28.8. The summed E-state index contributed by atoms with van der Waals surface area (Å²) in [5, 5.41) is 3.05. The van der Waals surface area contributed by atoms with Crippen LogP contribution in [0.4, 0.5) is 5.69 Å². The molecule has 8 heteroatoms. The number of benzene rings is 2. The first-order valence-corrected chi connectivity index (χ1v) is 12.0. The van der Waals surface area contributed by atoms with Gasteiger partial charge in [0.1, 0.15) is 14.8 Å². The maximum atomic E-state index is 14.5. The molecule has 0 saturated carbocycles. The van der Waals surface area contributed by atoms with Crippen LogP contribution in [0.1, 0.15) is 22.8 Å². The Hall–Kier alpha value is -2.94. The summed E-state index contributed by atoms with van der Waals surface area (Å²) in [6, 6.07) is 21.2. The number of hydrogen-bond donors (Lipinski definition) is 1. The van der Waals surface area contributed by atoms with Crippen LogP contribution < -0.4 is 5.32 Å². The summed E-state index contributed by atoms with van der Waals surface area (Å²) in [6.07, 6.45) is 1.58. The van der Waals surface area contributed by atoms with Crippen molar-refractivity contribution < 1.29 is 14.0 Å². The van der Waals surface area contributed by atoms with Crippen LogP contribution in [-0.4, -0.2) is 44.3 Å². The van der Waals surface area contributed by atoms with Crippen molar-refractivity contribution in [3.8, 4) is 0 Å². The first-order valence-electron chi connectivity index (χ1n) is 10.7. The Morgan fingerprint density at radius 2 is 1.85 bits per heavy atom. The minimum absolute atomic E-state index is 0.154. The van der Waals surface area contributed by atoms with Crippen LogP contribution in [0.25, 0.3) is 0 Å². The quantitative estimate of drug-likeness (QED) is 0.579. The molecule has 0 aliphatic carbocycles. The van der Waals surface area contributed by atoms with E-state index in [9.17, 15) is 9.59 Å². The monoisotopic (exact) mass is 475 g/mol. The Labute approximate surface area is 200 Å². The molecule has 3 aromatic rings. The number of furan rings is 1. The van der Waals surface area contributed by atoms with E-state index in [-0.39, 0.29) is 24.3 Å². The Balaban J connectivity index is 1.59. The van der Waals surface area contributed by atoms with Crippen LogP contribution in [-0.2, 0) is 21.7 Å². The van der Waals surface area contributed by atoms with E-state index < -0.39 is 10.3 Å². The zero-order valence-corrected chi connectivity index (χ0v) is 19.5. The van der Waals surface area contributed by atoms with Gasteiger partial charge in [-0.3, -0.25) is 19.4 Å². The lowest BCUT2D eigenvalue weighted by molar-refractivity contribution is -0.138. The highest BCUT2D eigenvalue weighted by molar-refractivity contribution is 8.25. The van der Waals surface area contributed by atoms with Gasteiger partial charge in [-0.2, -0.15) is 0 Å². The molecule has 2 aromatic carbocycles. The molecule has 3 aliphatic rings. The van der Waals surface area contributed by atoms with Gasteiger partial charge >= 0.3 is 0 Å². The van der Waals surface area contributed by atoms with Gasteiger partial charge in [0.05, 0.1) is 12.8 Å². The highest BCUT2D eigenvalue weighted by Crippen LogP contribution is 2.65. The van der Waals surface area contributed by atoms with Gasteiger partial charge in [0.25, 0.3) is 5.91 Å². The third-order valence-electron chi connectivity index (χ3n) is 7.08. The number of para-hydroxylation sites is 1. The highest BCUT2D eigenvalue weighted by Gasteiger charge is 2.77. The van der Waals surface area contributed by atoms with E-state index in [1.165, 1.54) is 11.8 Å². The van der Waals surface area contributed by atoms with E-state index in [0.29, 0.717) is 16.6 Å². The topological polar surface area (TPSA) is 65.8 Å². The summed E-state index contributed by atoms with van der Waals surface area (Å²) in [5.74, 6) is 0.0704. The molecule has 0 bridgehead atoms. The first kappa shape index (κ1) is 20.7. The number of nitrogens with zero attached hydrogens (tertiary/aromatic N) is 2. The van der Waals surface area contributed by atoms with Crippen molar-refractivity contribution in [3.63, 3.8) is 0 Å². The molecule has 166 valence electrons. The lowest BCUT2D eigenvalue weighted by atomic mass is 9.72. The van der Waals surface area contributed by atoms with Crippen LogP contribution in [0.5, 0.6) is 0 Å². The van der Waals surface area contributed by atoms with Crippen molar-refractivity contribution in [2.24, 2.45) is 0 Å². The molecule has 4 heterocycles. The lowest BCUT2D eigenvalue weighted by Crippen LogP contribution is -2.61. The number of likely N-dealkylation sites (tertiary alicyclic amines) is 1. The Morgan fingerprint density at radius 1 is 1.09 bits per heavy atom. The number of hydrogen-bond acceptors (Lipinski definition) is 6. The predicted octanol–water partition coefficient (Wildman–Crippen LogP) is 3.96. The van der Waals surface area contributed by atoms with Gasteiger partial charge in [-0.15, -0.1) is 0 Å². The summed E-state index contributed by atoms with van der Waals surface area (Å²) in [7, 11) is 1.93. The van der Waals surface area contributed by atoms with Crippen LogP contribution in [0.15, 0.2) is 77.4 Å². The molecule has 3 atom stereocenters. The number of thioether (sulfide) groups is 1. The van der Waals surface area contributed by atoms with E-state index in [1.807, 2.05) is 72.6 Å². The number of fused-ring (bicyclic) bond motifs is 3. The van der Waals surface area contributed by atoms with E-state index in [4.69, 9.17) is 16.6 Å². The first-order chi connectivity index (χ1) is 16.0. The molecular formula is C25H21N3O3S2. The summed E-state index contributed by atoms with van der Waals surface area (Å²) >= 11 is 7.12. The molecule has 6 rings (SSSR count). The van der Waals surface area contributed by atoms with Gasteiger partial charge in [-0.25, -0.2) is 0 Å². The number of nitrogens with one attached hydrogen (secondary N) is 1. The molecule has 2 amide bonds. The highest BCUT2D eigenvalue weighted by atomic mass is 32.2. The van der Waals surface area contributed by atoms with Gasteiger partial charge < -0.3 is 9.73 Å². The predicted molar refractivity (Wildman–Crippen MR) is 131 cm³/mol. The van der Waals surface area contributed by atoms with Crippen LogP contribution in [0.2, 0.25) is 0 Å². The number of amides is 2. The standard InChI is InChI=1S/C25H21N3O3S2/c1-27-15-19(16-8-3-2-4-9-16)25(24(27)18-11-5-6-12-20(18)26-21(24)29)22(30)28(23(32)33-25)14-17-10-7-13-31-17/h2-13,19H,14-15H2,1H3,(H,26,29)/t19-,24+,25+/m0/s1. The largest absolute Gasteiger partial charge is 0.467 e. The van der Waals surface area contributed by atoms with E-state index in [0.717, 1.165) is 16.8 Å². The van der Waals surface area contributed by atoms with Gasteiger partial charge in [0, 0.05) is 23.7 Å². The zero-order chi connectivity index (χ0) is 22.8. The number of carbonyl (C=O) groups excluding carboxylic acids is 2. The average molecular weight is 476 g/mol. The maximum Gasteiger partial charge on any atom is 0.251 e. The molecule has 2 spiro atoms. The lowest BCUT2D eigenvalue weighted by Gasteiger charge is -2.41. The molecular weight excluding hydrogens is 454 g/mol. The SMILES string of the molecule is CN1C[C@@H](c2ccccc2)[C@]2(SC(=S)N(Cc3ccco3)C2=O)[C@@]12C(=O)Nc1ccccc12. The average Bonchev–Trinajstić information content (AvgIpc) is 3.55. The van der Waals surface area contributed by atoms with E-state index in [1.54, 1.807) is 17.2 Å². The minimum atomic E-state index is -1.19. The fourth-order valence-corrected chi connectivity index (χ4v) is 7.89. The van der Waals surface area contributed by atoms with Crippen molar-refractivity contribution in [1.29, 1.82) is 0 Å². The molecule has 3 aliphatic heterocycles. The molecule has 6 nitrogen and oxygen atoms in total. The molecule has 33 heavy (non-hydrogen) atoms. The third kappa shape index (κ3) is 2.57. The number of thiocarbonyl (C=S) groups is 1. The molecule has 2 saturated heterocycles. The Kier molecular flexibility index (Phi) is 4.56. The van der Waals surface area contributed by atoms with Gasteiger partial charge in [-0.1, -0.05) is 72.5 Å². The second kappa shape index (κ2) is 7.28. The molecule has 0 radical (unpaired) electrons. The second-order valence-corrected chi connectivity index (χ2v) is 10.5. The number of anilines is 1. The summed E-state index contributed by atoms with van der Waals surface area (Å²) in [5.41, 5.74) is 1.39. The Bertz CT molecular complexity index is 1280. The van der Waals surface area contributed by atoms with Crippen molar-refractivity contribution >= 4 is 45.8 Å². The van der Waals surface area contributed by atoms with Crippen LogP contribution in [0.3, 0.4) is 0 Å². The van der Waals surface area contributed by atoms with Crippen molar-refractivity contribution in [1.82, 2.24) is 9.80 Å². The van der Waals surface area contributed by atoms with Crippen molar-refractivity contribution in [2.75, 3.05) is 18.9 Å². The van der Waals surface area contributed by atoms with Gasteiger partial charge in [-0.05, 0) is 30.8 Å². The van der Waals surface area contributed by atoms with Crippen LogP contribution >= 0.6 is 24.0 Å². The van der Waals surface area contributed by atoms with Gasteiger partial charge in [0.15, 0.2) is 5.54 Å². The summed E-state index contributed by atoms with van der Waals surface area (Å²) in [6.45, 7) is 0.783. The summed E-state index contributed by atoms with van der Waals surface area (Å²) in [4.78, 5) is 32.0. The second-order valence-electron chi connectivity index (χ2n) is 8.63. The zero-order valence-electron chi connectivity index (χ0n) is 17.9. The Morgan fingerprint density at radius 3 is 2.61 bits per heavy atom. The van der Waals surface area contributed by atoms with E-state index in [2.05, 4.69) is 5.32 Å². The number of likely N-dealkylation sites (N-methyl/N-ethyl adjacent to an activating group) is 1. The fourth-order valence-electron chi connectivity index (χ4n) is 5.75. The molecule has 1 aromatic heterocycles. The number of rotatable bonds is 3. The molecule has 1 N–H and O–H groups in total. The molecule has 0 unspecified atom stereocenters. The van der Waals surface area contributed by atoms with E-state index >= 15 is 0 Å². The summed E-state index contributed by atoms with van der Waals surface area (Å²) < 4.78 is 4.83. The smallest absolute Gasteiger partial charge is 0.251 e. The van der Waals surface area contributed by atoms with Crippen molar-refractivity contribution in [2.45, 2.75) is 22.7 Å². The third-order valence-corrected chi connectivity index (χ3v) is 9.02. The minimum Gasteiger partial charge on any atom is -0.467 e. The number of carbonyl (C=O) groups is 2. The van der Waals surface area contributed by atoms with Crippen LogP contribution in [0, 0.1) is 0 Å².